The van der Waals surface area contributed by atoms with Crippen LogP contribution in [0.3, 0.4) is 0 Å². The summed E-state index contributed by atoms with van der Waals surface area (Å²) in [6.45, 7) is 0.389. The van der Waals surface area contributed by atoms with Crippen LogP contribution in [0.1, 0.15) is 41.0 Å². The predicted molar refractivity (Wildman–Crippen MR) is 110 cm³/mol. The summed E-state index contributed by atoms with van der Waals surface area (Å²) in [5.74, 6) is 0.342. The van der Waals surface area contributed by atoms with E-state index in [9.17, 15) is 4.79 Å². The highest BCUT2D eigenvalue weighted by atomic mass is 31.2. The molecule has 0 spiro atoms. The molecule has 0 saturated carbocycles. The molecule has 0 aromatic heterocycles. The van der Waals surface area contributed by atoms with Crippen LogP contribution in [0.4, 0.5) is 0 Å². The van der Waals surface area contributed by atoms with Crippen molar-refractivity contribution in [3.8, 4) is 0 Å². The van der Waals surface area contributed by atoms with E-state index < -0.39 is 8.60 Å². The van der Waals surface area contributed by atoms with Gasteiger partial charge in [0.25, 0.3) is 0 Å². The summed E-state index contributed by atoms with van der Waals surface area (Å²) in [4.78, 5) is 29.2. The van der Waals surface area contributed by atoms with Crippen LogP contribution < -0.4 is 5.32 Å². The van der Waals surface area contributed by atoms with Crippen molar-refractivity contribution in [1.82, 2.24) is 5.32 Å². The fraction of sp³-hybridized carbons (Fsp3) is 0.318. The van der Waals surface area contributed by atoms with E-state index in [1.165, 1.54) is 33.4 Å². The second-order valence-electron chi connectivity index (χ2n) is 7.25. The van der Waals surface area contributed by atoms with Crippen molar-refractivity contribution in [1.29, 1.82) is 0 Å². The molecule has 1 amide bonds. The first-order chi connectivity index (χ1) is 13.6. The summed E-state index contributed by atoms with van der Waals surface area (Å²) in [5.41, 5.74) is 8.20. The average Bonchev–Trinajstić information content (AvgIpc) is 2.69. The molecular weight excluding hydrogens is 373 g/mol. The highest BCUT2D eigenvalue weighted by molar-refractivity contribution is 7.39. The molecule has 28 heavy (non-hydrogen) atoms. The lowest BCUT2D eigenvalue weighted by molar-refractivity contribution is -0.121. The number of benzene rings is 1. The fourth-order valence-electron chi connectivity index (χ4n) is 4.21. The molecule has 0 radical (unpaired) electrons. The number of nitrogens with one attached hydrogen (secondary N) is 1. The molecule has 1 aromatic rings. The van der Waals surface area contributed by atoms with E-state index in [2.05, 4.69) is 58.4 Å². The van der Waals surface area contributed by atoms with Gasteiger partial charge in [-0.2, -0.15) is 0 Å². The summed E-state index contributed by atoms with van der Waals surface area (Å²) in [6, 6.07) is 4.57. The van der Waals surface area contributed by atoms with Crippen molar-refractivity contribution in [3.63, 3.8) is 0 Å². The van der Waals surface area contributed by atoms with E-state index in [4.69, 9.17) is 9.79 Å². The van der Waals surface area contributed by atoms with Crippen molar-refractivity contribution < 1.29 is 19.1 Å². The maximum atomic E-state index is 11.9. The van der Waals surface area contributed by atoms with Gasteiger partial charge in [-0.3, -0.25) is 4.79 Å². The molecule has 146 valence electrons. The van der Waals surface area contributed by atoms with Gasteiger partial charge in [0.1, 0.15) is 0 Å². The number of amides is 1. The van der Waals surface area contributed by atoms with E-state index in [1.807, 2.05) is 0 Å². The zero-order valence-electron chi connectivity index (χ0n) is 15.6. The lowest BCUT2D eigenvalue weighted by Crippen LogP contribution is -2.26. The quantitative estimate of drug-likeness (QED) is 0.464. The van der Waals surface area contributed by atoms with Gasteiger partial charge in [0.15, 0.2) is 0 Å². The Kier molecular flexibility index (Phi) is 5.88. The van der Waals surface area contributed by atoms with Crippen molar-refractivity contribution >= 4 is 20.6 Å². The van der Waals surface area contributed by atoms with E-state index in [0.29, 0.717) is 12.3 Å². The van der Waals surface area contributed by atoms with E-state index in [-0.39, 0.29) is 19.1 Å². The second-order valence-corrected chi connectivity index (χ2v) is 8.01. The van der Waals surface area contributed by atoms with Crippen LogP contribution in [0.5, 0.6) is 0 Å². The third-order valence-electron chi connectivity index (χ3n) is 5.40. The van der Waals surface area contributed by atoms with Crippen LogP contribution in [0.2, 0.25) is 0 Å². The zero-order chi connectivity index (χ0) is 19.5. The van der Waals surface area contributed by atoms with Gasteiger partial charge in [0.05, 0.1) is 6.61 Å². The average molecular weight is 397 g/mol. The summed E-state index contributed by atoms with van der Waals surface area (Å²) in [6.07, 6.45) is 16.4. The molecule has 0 aliphatic heterocycles. The molecule has 1 aromatic carbocycles. The van der Waals surface area contributed by atoms with Crippen LogP contribution in [-0.4, -0.2) is 28.8 Å². The molecule has 3 aliphatic rings. The Hall–Kier alpha value is -2.04. The topological polar surface area (TPSA) is 78.8 Å². The van der Waals surface area contributed by atoms with Crippen molar-refractivity contribution in [2.24, 2.45) is 0 Å². The highest BCUT2D eigenvalue weighted by Gasteiger charge is 2.30. The Morgan fingerprint density at radius 3 is 2.96 bits per heavy atom. The maximum absolute atomic E-state index is 11.9. The van der Waals surface area contributed by atoms with Gasteiger partial charge in [0, 0.05) is 18.9 Å². The first-order valence-electron chi connectivity index (χ1n) is 9.61. The normalized spacial score (nSPS) is 18.6. The third kappa shape index (κ3) is 4.18. The number of aryl methyl sites for hydroxylation is 1. The van der Waals surface area contributed by atoms with Crippen LogP contribution >= 0.6 is 8.60 Å². The predicted octanol–water partition coefficient (Wildman–Crippen LogP) is 3.44. The summed E-state index contributed by atoms with van der Waals surface area (Å²) in [5, 5.41) is 2.73. The molecule has 0 bridgehead atoms. The van der Waals surface area contributed by atoms with E-state index in [1.54, 1.807) is 0 Å². The summed E-state index contributed by atoms with van der Waals surface area (Å²) in [7, 11) is -2.35. The van der Waals surface area contributed by atoms with Crippen LogP contribution in [0, 0.1) is 0 Å². The first-order valence-corrected chi connectivity index (χ1v) is 10.8. The molecule has 3 aliphatic carbocycles. The van der Waals surface area contributed by atoms with Crippen LogP contribution in [0.25, 0.3) is 6.08 Å². The van der Waals surface area contributed by atoms with Crippen molar-refractivity contribution in [3.05, 3.63) is 75.9 Å². The Morgan fingerprint density at radius 2 is 2.11 bits per heavy atom. The van der Waals surface area contributed by atoms with Gasteiger partial charge in [0.2, 0.25) is 5.91 Å². The van der Waals surface area contributed by atoms with E-state index >= 15 is 0 Å². The second kappa shape index (κ2) is 8.54. The largest absolute Gasteiger partial charge is 0.354 e. The highest BCUT2D eigenvalue weighted by Crippen LogP contribution is 2.46. The molecule has 6 heteroatoms. The summed E-state index contributed by atoms with van der Waals surface area (Å²) >= 11 is 0. The standard InChI is InChI=1S/C22H24NO4P/c24-20(23-11-12-27-28(25)26)6-1-3-15-13-18-9-7-16-4-2-5-17-8-10-19(14-15)22(18)21(16)17/h2,4-5,7-9,13-14,21,25-26H,1,3,6,10-12H2,(H,23,24). The number of rotatable bonds is 8. The molecule has 0 saturated heterocycles. The minimum absolute atomic E-state index is 0.0423. The minimum atomic E-state index is -2.35. The molecule has 5 nitrogen and oxygen atoms in total. The molecular formula is C22H24NO4P. The third-order valence-corrected chi connectivity index (χ3v) is 5.82. The van der Waals surface area contributed by atoms with Gasteiger partial charge in [-0.1, -0.05) is 48.6 Å². The number of hydrogen-bond acceptors (Lipinski definition) is 4. The van der Waals surface area contributed by atoms with Crippen LogP contribution in [0.15, 0.2) is 53.7 Å². The maximum Gasteiger partial charge on any atom is 0.327 e. The Bertz CT molecular complexity index is 898. The van der Waals surface area contributed by atoms with Crippen molar-refractivity contribution in [2.45, 2.75) is 31.6 Å². The fourth-order valence-corrected chi connectivity index (χ4v) is 4.46. The smallest absolute Gasteiger partial charge is 0.327 e. The number of hydrogen-bond donors (Lipinski definition) is 3. The van der Waals surface area contributed by atoms with Gasteiger partial charge in [-0.25, -0.2) is 0 Å². The molecule has 3 N–H and O–H groups in total. The number of carbonyl (C=O) groups excluding carboxylic acids is 1. The molecule has 1 unspecified atom stereocenters. The SMILES string of the molecule is O=C(CCCc1cc2c3c(c1)CC=C1C=CC=C(C=C2)C13)NCCOP(O)O. The lowest BCUT2D eigenvalue weighted by Gasteiger charge is -2.33. The Morgan fingerprint density at radius 1 is 1.21 bits per heavy atom. The number of carbonyl (C=O) groups is 1. The van der Waals surface area contributed by atoms with Gasteiger partial charge in [-0.05, 0) is 52.7 Å². The number of allylic oxidation sites excluding steroid dienone is 7. The van der Waals surface area contributed by atoms with Gasteiger partial charge < -0.3 is 19.6 Å². The molecule has 4 rings (SSSR count). The van der Waals surface area contributed by atoms with Gasteiger partial charge in [-0.15, -0.1) is 0 Å². The molecule has 1 atom stereocenters. The Balaban J connectivity index is 1.35. The summed E-state index contributed by atoms with van der Waals surface area (Å²) < 4.78 is 4.63. The first kappa shape index (κ1) is 19.3. The molecule has 0 heterocycles. The minimum Gasteiger partial charge on any atom is -0.354 e. The van der Waals surface area contributed by atoms with Crippen molar-refractivity contribution in [2.75, 3.05) is 13.2 Å². The molecule has 0 fully saturated rings. The lowest BCUT2D eigenvalue weighted by atomic mass is 9.70. The monoisotopic (exact) mass is 397 g/mol. The van der Waals surface area contributed by atoms with Gasteiger partial charge >= 0.3 is 8.60 Å². The van der Waals surface area contributed by atoms with E-state index in [0.717, 1.165) is 19.3 Å². The Labute approximate surface area is 166 Å². The zero-order valence-corrected chi connectivity index (χ0v) is 16.5. The van der Waals surface area contributed by atoms with Crippen LogP contribution in [-0.2, 0) is 22.2 Å².